The van der Waals surface area contributed by atoms with E-state index in [1.807, 2.05) is 13.8 Å². The van der Waals surface area contributed by atoms with Gasteiger partial charge in [0.1, 0.15) is 0 Å². The Balaban J connectivity index is 2.62. The zero-order valence-corrected chi connectivity index (χ0v) is 9.77. The number of anilines is 1. The van der Waals surface area contributed by atoms with Gasteiger partial charge in [0, 0.05) is 5.56 Å². The lowest BCUT2D eigenvalue weighted by Crippen LogP contribution is -2.29. The maximum Gasteiger partial charge on any atom is 0.355 e. The predicted molar refractivity (Wildman–Crippen MR) is 60.5 cm³/mol. The maximum absolute atomic E-state index is 11.1. The van der Waals surface area contributed by atoms with E-state index in [1.54, 1.807) is 0 Å². The number of nitrogens with zero attached hydrogens (tertiary/aromatic N) is 2. The molecule has 1 unspecified atom stereocenters. The van der Waals surface area contributed by atoms with Crippen molar-refractivity contribution in [1.82, 2.24) is 9.97 Å². The molecule has 0 aliphatic heterocycles. The topological polar surface area (TPSA) is 109 Å². The van der Waals surface area contributed by atoms with E-state index < -0.39 is 12.1 Å². The average Bonchev–Trinajstić information content (AvgIpc) is 2.12. The summed E-state index contributed by atoms with van der Waals surface area (Å²) >= 11 is 0. The lowest BCUT2D eigenvalue weighted by atomic mass is 9.74. The van der Waals surface area contributed by atoms with Gasteiger partial charge in [-0.15, -0.1) is 0 Å². The Labute approximate surface area is 98.5 Å². The zero-order chi connectivity index (χ0) is 12.8. The predicted octanol–water partition coefficient (Wildman–Crippen LogP) is 0.763. The van der Waals surface area contributed by atoms with Crippen molar-refractivity contribution in [2.75, 3.05) is 5.73 Å². The lowest BCUT2D eigenvalue weighted by Gasteiger charge is -2.34. The third kappa shape index (κ3) is 2.08. The van der Waals surface area contributed by atoms with Crippen LogP contribution >= 0.6 is 0 Å². The molecule has 92 valence electrons. The van der Waals surface area contributed by atoms with Gasteiger partial charge in [0.25, 0.3) is 0 Å². The first kappa shape index (κ1) is 11.8. The largest absolute Gasteiger partial charge is 0.476 e. The Hall–Kier alpha value is -1.69. The summed E-state index contributed by atoms with van der Waals surface area (Å²) in [4.78, 5) is 18.8. The van der Waals surface area contributed by atoms with Crippen LogP contribution in [0.5, 0.6) is 0 Å². The number of hydrogen-bond donors (Lipinski definition) is 3. The summed E-state index contributed by atoms with van der Waals surface area (Å²) in [7, 11) is 0. The SMILES string of the molecule is CC1(C)Cc2nc(N)nc(C(=O)O)c2C(O)C1. The molecule has 6 nitrogen and oxygen atoms in total. The summed E-state index contributed by atoms with van der Waals surface area (Å²) in [5, 5.41) is 19.1. The van der Waals surface area contributed by atoms with Crippen LogP contribution in [0.15, 0.2) is 0 Å². The van der Waals surface area contributed by atoms with E-state index in [0.29, 0.717) is 24.1 Å². The summed E-state index contributed by atoms with van der Waals surface area (Å²) in [5.74, 6) is -1.25. The van der Waals surface area contributed by atoms with Crippen molar-refractivity contribution in [1.29, 1.82) is 0 Å². The van der Waals surface area contributed by atoms with Crippen LogP contribution in [0.1, 0.15) is 48.1 Å². The van der Waals surface area contributed by atoms with Crippen molar-refractivity contribution in [3.05, 3.63) is 17.0 Å². The average molecular weight is 237 g/mol. The van der Waals surface area contributed by atoms with Gasteiger partial charge in [0.15, 0.2) is 5.69 Å². The molecule has 0 aromatic carbocycles. The number of aromatic carboxylic acids is 1. The van der Waals surface area contributed by atoms with Crippen LogP contribution in [0, 0.1) is 5.41 Å². The van der Waals surface area contributed by atoms with Crippen molar-refractivity contribution in [3.8, 4) is 0 Å². The Bertz CT molecular complexity index is 485. The normalized spacial score (nSPS) is 21.9. The van der Waals surface area contributed by atoms with Gasteiger partial charge in [0.2, 0.25) is 5.95 Å². The van der Waals surface area contributed by atoms with Gasteiger partial charge in [-0.3, -0.25) is 0 Å². The van der Waals surface area contributed by atoms with Gasteiger partial charge in [-0.05, 0) is 18.3 Å². The number of rotatable bonds is 1. The molecule has 0 radical (unpaired) electrons. The fourth-order valence-corrected chi connectivity index (χ4v) is 2.33. The third-order valence-corrected chi connectivity index (χ3v) is 2.97. The molecule has 2 rings (SSSR count). The molecule has 0 bridgehead atoms. The number of nitrogens with two attached hydrogens (primary N) is 1. The van der Waals surface area contributed by atoms with E-state index in [1.165, 1.54) is 0 Å². The summed E-state index contributed by atoms with van der Waals surface area (Å²) in [5.41, 5.74) is 6.03. The van der Waals surface area contributed by atoms with Crippen LogP contribution in [0.4, 0.5) is 5.95 Å². The highest BCUT2D eigenvalue weighted by atomic mass is 16.4. The molecule has 4 N–H and O–H groups in total. The van der Waals surface area contributed by atoms with Crippen LogP contribution in [-0.2, 0) is 6.42 Å². The summed E-state index contributed by atoms with van der Waals surface area (Å²) in [6.45, 7) is 4.00. The highest BCUT2D eigenvalue weighted by Gasteiger charge is 2.36. The molecule has 0 saturated carbocycles. The van der Waals surface area contributed by atoms with Crippen LogP contribution in [0.25, 0.3) is 0 Å². The summed E-state index contributed by atoms with van der Waals surface area (Å²) in [6, 6.07) is 0. The number of aromatic nitrogens is 2. The molecule has 1 atom stereocenters. The molecule has 0 saturated heterocycles. The fourth-order valence-electron chi connectivity index (χ4n) is 2.33. The Morgan fingerprint density at radius 1 is 1.47 bits per heavy atom. The van der Waals surface area contributed by atoms with Gasteiger partial charge in [-0.25, -0.2) is 14.8 Å². The van der Waals surface area contributed by atoms with Crippen LogP contribution in [0.3, 0.4) is 0 Å². The van der Waals surface area contributed by atoms with Crippen LogP contribution in [-0.4, -0.2) is 26.2 Å². The first-order chi connectivity index (χ1) is 7.80. The lowest BCUT2D eigenvalue weighted by molar-refractivity contribution is 0.0658. The van der Waals surface area contributed by atoms with Gasteiger partial charge in [-0.2, -0.15) is 0 Å². The highest BCUT2D eigenvalue weighted by Crippen LogP contribution is 2.41. The summed E-state index contributed by atoms with van der Waals surface area (Å²) in [6.07, 6.45) is 0.236. The van der Waals surface area contributed by atoms with Crippen molar-refractivity contribution in [3.63, 3.8) is 0 Å². The van der Waals surface area contributed by atoms with E-state index in [-0.39, 0.29) is 17.1 Å². The van der Waals surface area contributed by atoms with E-state index >= 15 is 0 Å². The zero-order valence-electron chi connectivity index (χ0n) is 9.77. The number of aliphatic hydroxyl groups is 1. The van der Waals surface area contributed by atoms with Gasteiger partial charge >= 0.3 is 5.97 Å². The van der Waals surface area contributed by atoms with E-state index in [2.05, 4.69) is 9.97 Å². The quantitative estimate of drug-likeness (QED) is 0.665. The first-order valence-corrected chi connectivity index (χ1v) is 5.38. The first-order valence-electron chi connectivity index (χ1n) is 5.38. The third-order valence-electron chi connectivity index (χ3n) is 2.97. The standard InChI is InChI=1S/C11H15N3O3/c1-11(2)3-5-7(6(15)4-11)8(9(16)17)14-10(12)13-5/h6,15H,3-4H2,1-2H3,(H,16,17)(H2,12,13,14). The second-order valence-electron chi connectivity index (χ2n) is 5.16. The second kappa shape index (κ2) is 3.66. The van der Waals surface area contributed by atoms with Gasteiger partial charge in [-0.1, -0.05) is 13.8 Å². The highest BCUT2D eigenvalue weighted by molar-refractivity contribution is 5.88. The number of hydrogen-bond acceptors (Lipinski definition) is 5. The molecular formula is C11H15N3O3. The molecular weight excluding hydrogens is 222 g/mol. The Morgan fingerprint density at radius 3 is 2.71 bits per heavy atom. The van der Waals surface area contributed by atoms with E-state index in [0.717, 1.165) is 0 Å². The van der Waals surface area contributed by atoms with E-state index in [4.69, 9.17) is 10.8 Å². The van der Waals surface area contributed by atoms with Crippen molar-refractivity contribution >= 4 is 11.9 Å². The number of carboxylic acid groups (broad SMARTS) is 1. The van der Waals surface area contributed by atoms with Crippen molar-refractivity contribution in [2.45, 2.75) is 32.8 Å². The number of fused-ring (bicyclic) bond motifs is 1. The fraction of sp³-hybridized carbons (Fsp3) is 0.545. The molecule has 1 aromatic heterocycles. The molecule has 1 aliphatic carbocycles. The van der Waals surface area contributed by atoms with Crippen molar-refractivity contribution < 1.29 is 15.0 Å². The maximum atomic E-state index is 11.1. The Morgan fingerprint density at radius 2 is 2.12 bits per heavy atom. The molecule has 1 aliphatic rings. The second-order valence-corrected chi connectivity index (χ2v) is 5.16. The Kier molecular flexibility index (Phi) is 2.54. The molecule has 1 heterocycles. The smallest absolute Gasteiger partial charge is 0.355 e. The summed E-state index contributed by atoms with van der Waals surface area (Å²) < 4.78 is 0. The minimum atomic E-state index is -1.19. The van der Waals surface area contributed by atoms with Crippen LogP contribution < -0.4 is 5.73 Å². The number of carboxylic acids is 1. The van der Waals surface area contributed by atoms with Crippen LogP contribution in [0.2, 0.25) is 0 Å². The minimum absolute atomic E-state index is 0.0638. The number of nitrogen functional groups attached to an aromatic ring is 1. The molecule has 17 heavy (non-hydrogen) atoms. The van der Waals surface area contributed by atoms with Gasteiger partial charge in [0.05, 0.1) is 11.8 Å². The van der Waals surface area contributed by atoms with E-state index in [9.17, 15) is 9.90 Å². The number of carbonyl (C=O) groups is 1. The molecule has 0 spiro atoms. The van der Waals surface area contributed by atoms with Crippen molar-refractivity contribution in [2.24, 2.45) is 5.41 Å². The monoisotopic (exact) mass is 237 g/mol. The molecule has 6 heteroatoms. The minimum Gasteiger partial charge on any atom is -0.476 e. The van der Waals surface area contributed by atoms with Gasteiger partial charge < -0.3 is 15.9 Å². The number of aliphatic hydroxyl groups excluding tert-OH is 1. The molecule has 1 aromatic rings. The molecule has 0 fully saturated rings. The molecule has 0 amide bonds.